The highest BCUT2D eigenvalue weighted by Crippen LogP contribution is 2.12. The first-order chi connectivity index (χ1) is 14.3. The minimum Gasteiger partial charge on any atom is -0.469 e. The Morgan fingerprint density at radius 2 is 1.80 bits per heavy atom. The Labute approximate surface area is 171 Å². The van der Waals surface area contributed by atoms with Crippen LogP contribution in [-0.2, 0) is 17.8 Å². The van der Waals surface area contributed by atoms with Crippen molar-refractivity contribution in [3.05, 3.63) is 86.0 Å². The van der Waals surface area contributed by atoms with E-state index in [4.69, 9.17) is 14.9 Å². The van der Waals surface area contributed by atoms with E-state index in [0.717, 1.165) is 14.7 Å². The fourth-order valence-corrected chi connectivity index (χ4v) is 3.05. The maximum atomic E-state index is 12.7. The van der Waals surface area contributed by atoms with E-state index < -0.39 is 29.6 Å². The lowest BCUT2D eigenvalue weighted by molar-refractivity contribution is 0.0472. The highest BCUT2D eigenvalue weighted by atomic mass is 16.5. The van der Waals surface area contributed by atoms with E-state index in [-0.39, 0.29) is 30.0 Å². The summed E-state index contributed by atoms with van der Waals surface area (Å²) in [7, 11) is 0. The number of hydrogen-bond donors (Lipinski definition) is 1. The number of ketones is 1. The van der Waals surface area contributed by atoms with Crippen LogP contribution in [0, 0.1) is 6.92 Å². The maximum absolute atomic E-state index is 12.7. The molecule has 0 aliphatic carbocycles. The van der Waals surface area contributed by atoms with Crippen molar-refractivity contribution in [3.8, 4) is 0 Å². The molecule has 0 saturated carbocycles. The normalized spacial score (nSPS) is 10.7. The Morgan fingerprint density at radius 3 is 2.40 bits per heavy atom. The van der Waals surface area contributed by atoms with Gasteiger partial charge in [-0.05, 0) is 25.5 Å². The molecule has 0 saturated heterocycles. The summed E-state index contributed by atoms with van der Waals surface area (Å²) in [6, 6.07) is 10.4. The van der Waals surface area contributed by atoms with E-state index in [2.05, 4.69) is 0 Å². The van der Waals surface area contributed by atoms with Crippen molar-refractivity contribution in [3.63, 3.8) is 0 Å². The lowest BCUT2D eigenvalue weighted by Crippen LogP contribution is -2.44. The van der Waals surface area contributed by atoms with Crippen LogP contribution in [0.2, 0.25) is 0 Å². The topological polar surface area (TPSA) is 127 Å². The predicted octanol–water partition coefficient (Wildman–Crippen LogP) is 1.60. The van der Waals surface area contributed by atoms with Gasteiger partial charge in [-0.3, -0.25) is 18.7 Å². The third kappa shape index (κ3) is 3.95. The average Bonchev–Trinajstić information content (AvgIpc) is 3.16. The minimum absolute atomic E-state index is 0.0566. The second-order valence-electron chi connectivity index (χ2n) is 6.55. The molecule has 0 spiro atoms. The summed E-state index contributed by atoms with van der Waals surface area (Å²) in [6.45, 7) is 2.63. The van der Waals surface area contributed by atoms with E-state index in [9.17, 15) is 19.2 Å². The predicted molar refractivity (Wildman–Crippen MR) is 109 cm³/mol. The third-order valence-corrected chi connectivity index (χ3v) is 4.66. The number of nitrogens with two attached hydrogens (primary N) is 1. The molecule has 0 radical (unpaired) electrons. The zero-order chi connectivity index (χ0) is 21.8. The smallest absolute Gasteiger partial charge is 0.342 e. The average molecular weight is 411 g/mol. The molecule has 0 fully saturated rings. The van der Waals surface area contributed by atoms with Gasteiger partial charge in [-0.25, -0.2) is 9.59 Å². The van der Waals surface area contributed by atoms with Crippen molar-refractivity contribution in [1.82, 2.24) is 9.13 Å². The number of nitrogens with zero attached hydrogens (tertiary/aromatic N) is 2. The quantitative estimate of drug-likeness (QED) is 0.462. The van der Waals surface area contributed by atoms with E-state index in [1.165, 1.54) is 12.3 Å². The van der Waals surface area contributed by atoms with Crippen molar-refractivity contribution in [2.24, 2.45) is 0 Å². The summed E-state index contributed by atoms with van der Waals surface area (Å²) >= 11 is 0. The number of aromatic nitrogens is 2. The van der Waals surface area contributed by atoms with Crippen molar-refractivity contribution >= 4 is 17.6 Å². The number of aryl methyl sites for hydroxylation is 1. The molecule has 0 atom stereocenters. The number of rotatable bonds is 7. The van der Waals surface area contributed by atoms with Gasteiger partial charge in [-0.2, -0.15) is 0 Å². The highest BCUT2D eigenvalue weighted by Gasteiger charge is 2.24. The van der Waals surface area contributed by atoms with Gasteiger partial charge in [0.15, 0.2) is 6.61 Å². The van der Waals surface area contributed by atoms with Gasteiger partial charge >= 0.3 is 11.7 Å². The van der Waals surface area contributed by atoms with Gasteiger partial charge in [-0.15, -0.1) is 0 Å². The van der Waals surface area contributed by atoms with Crippen molar-refractivity contribution in [1.29, 1.82) is 0 Å². The number of hydrogen-bond acceptors (Lipinski definition) is 7. The van der Waals surface area contributed by atoms with Gasteiger partial charge in [0.1, 0.15) is 22.7 Å². The molecule has 2 aromatic heterocycles. The van der Waals surface area contributed by atoms with Crippen LogP contribution in [-0.4, -0.2) is 27.5 Å². The molecule has 2 heterocycles. The third-order valence-electron chi connectivity index (χ3n) is 4.66. The van der Waals surface area contributed by atoms with Gasteiger partial charge in [0.25, 0.3) is 5.56 Å². The number of carbonyl (C=O) groups is 2. The molecule has 9 heteroatoms. The van der Waals surface area contributed by atoms with Crippen molar-refractivity contribution in [2.75, 3.05) is 12.3 Å². The molecule has 0 aliphatic heterocycles. The molecule has 0 amide bonds. The molecule has 156 valence electrons. The number of ether oxygens (including phenoxy) is 1. The molecular weight excluding hydrogens is 390 g/mol. The lowest BCUT2D eigenvalue weighted by Gasteiger charge is -2.15. The number of anilines is 1. The summed E-state index contributed by atoms with van der Waals surface area (Å²) in [5.74, 6) is -1.48. The fraction of sp³-hybridized carbons (Fsp3) is 0.238. The first-order valence-electron chi connectivity index (χ1n) is 9.26. The second-order valence-corrected chi connectivity index (χ2v) is 6.55. The molecule has 3 aromatic rings. The summed E-state index contributed by atoms with van der Waals surface area (Å²) in [5.41, 5.74) is 5.18. The van der Waals surface area contributed by atoms with Gasteiger partial charge in [-0.1, -0.05) is 30.3 Å². The molecule has 3 rings (SSSR count). The molecule has 0 unspecified atom stereocenters. The van der Waals surface area contributed by atoms with E-state index in [1.807, 2.05) is 6.07 Å². The van der Waals surface area contributed by atoms with E-state index in [0.29, 0.717) is 5.76 Å². The van der Waals surface area contributed by atoms with Crippen LogP contribution in [0.5, 0.6) is 0 Å². The fourth-order valence-electron chi connectivity index (χ4n) is 3.05. The van der Waals surface area contributed by atoms with Gasteiger partial charge in [0, 0.05) is 6.54 Å². The van der Waals surface area contributed by atoms with Crippen LogP contribution in [0.15, 0.2) is 56.7 Å². The second kappa shape index (κ2) is 8.64. The molecule has 1 aromatic carbocycles. The molecule has 9 nitrogen and oxygen atoms in total. The van der Waals surface area contributed by atoms with Crippen LogP contribution in [0.3, 0.4) is 0 Å². The van der Waals surface area contributed by atoms with Crippen LogP contribution in [0.25, 0.3) is 0 Å². The summed E-state index contributed by atoms with van der Waals surface area (Å²) in [6.07, 6.45) is 1.32. The van der Waals surface area contributed by atoms with Crippen molar-refractivity contribution < 1.29 is 18.7 Å². The standard InChI is InChI=1S/C21H21N3O6/c1-3-23-19(26)17(16(25)12-30-20(27)15-9-10-29-13(15)2)18(22)24(21(23)28)11-14-7-5-4-6-8-14/h4-10H,3,11-12,22H2,1-2H3. The van der Waals surface area contributed by atoms with E-state index >= 15 is 0 Å². The Kier molecular flexibility index (Phi) is 6.01. The van der Waals surface area contributed by atoms with Crippen LogP contribution in [0.1, 0.15) is 39.0 Å². The highest BCUT2D eigenvalue weighted by molar-refractivity contribution is 6.02. The minimum atomic E-state index is -0.815. The number of nitrogen functional groups attached to an aromatic ring is 1. The Bertz CT molecular complexity index is 1200. The first-order valence-corrected chi connectivity index (χ1v) is 9.26. The van der Waals surface area contributed by atoms with Gasteiger partial charge in [0.2, 0.25) is 5.78 Å². The monoisotopic (exact) mass is 411 g/mol. The van der Waals surface area contributed by atoms with Crippen LogP contribution < -0.4 is 17.0 Å². The van der Waals surface area contributed by atoms with Gasteiger partial charge < -0.3 is 14.9 Å². The zero-order valence-electron chi connectivity index (χ0n) is 16.6. The largest absolute Gasteiger partial charge is 0.469 e. The molecular formula is C21H21N3O6. The van der Waals surface area contributed by atoms with Crippen LogP contribution in [0.4, 0.5) is 5.82 Å². The Hall–Kier alpha value is -3.88. The molecule has 0 aliphatic rings. The summed E-state index contributed by atoms with van der Waals surface area (Å²) < 4.78 is 12.1. The Morgan fingerprint density at radius 1 is 1.10 bits per heavy atom. The van der Waals surface area contributed by atoms with Crippen molar-refractivity contribution in [2.45, 2.75) is 26.9 Å². The number of furan rings is 1. The Balaban J connectivity index is 1.95. The molecule has 0 bridgehead atoms. The van der Waals surface area contributed by atoms with Crippen LogP contribution >= 0.6 is 0 Å². The molecule has 2 N–H and O–H groups in total. The zero-order valence-corrected chi connectivity index (χ0v) is 16.6. The maximum Gasteiger partial charge on any atom is 0.342 e. The number of benzene rings is 1. The van der Waals surface area contributed by atoms with E-state index in [1.54, 1.807) is 38.1 Å². The number of esters is 1. The van der Waals surface area contributed by atoms with Gasteiger partial charge in [0.05, 0.1) is 12.8 Å². The first kappa shape index (κ1) is 20.8. The SMILES string of the molecule is CCn1c(=O)c(C(=O)COC(=O)c2ccoc2C)c(N)n(Cc2ccccc2)c1=O. The summed E-state index contributed by atoms with van der Waals surface area (Å²) in [4.78, 5) is 50.3. The number of carbonyl (C=O) groups excluding carboxylic acids is 2. The molecule has 30 heavy (non-hydrogen) atoms. The lowest BCUT2D eigenvalue weighted by atomic mass is 10.1. The number of Topliss-reactive ketones (excluding diaryl/α,β-unsaturated/α-hetero) is 1. The summed E-state index contributed by atoms with van der Waals surface area (Å²) in [5, 5.41) is 0.